The molecule has 19 heavy (non-hydrogen) atoms. The molecule has 2 rings (SSSR count). The molecule has 1 spiro atoms. The van der Waals surface area contributed by atoms with Crippen molar-refractivity contribution in [2.45, 2.75) is 70.3 Å². The van der Waals surface area contributed by atoms with E-state index in [0.717, 1.165) is 19.4 Å². The molecule has 0 aromatic rings. The van der Waals surface area contributed by atoms with Crippen LogP contribution in [0.25, 0.3) is 0 Å². The van der Waals surface area contributed by atoms with Crippen molar-refractivity contribution < 1.29 is 5.11 Å². The van der Waals surface area contributed by atoms with E-state index in [0.29, 0.717) is 12.0 Å². The number of hydrogen-bond acceptors (Lipinski definition) is 3. The van der Waals surface area contributed by atoms with Crippen molar-refractivity contribution in [1.29, 1.82) is 0 Å². The summed E-state index contributed by atoms with van der Waals surface area (Å²) in [6.07, 6.45) is 12.0. The van der Waals surface area contributed by atoms with Gasteiger partial charge in [0, 0.05) is 6.54 Å². The molecule has 1 aliphatic carbocycles. The Kier molecular flexibility index (Phi) is 5.27. The maximum Gasteiger partial charge on any atom is 0.0741 e. The molecule has 1 saturated heterocycles. The molecule has 112 valence electrons. The molecule has 3 nitrogen and oxygen atoms in total. The number of rotatable bonds is 5. The lowest BCUT2D eigenvalue weighted by molar-refractivity contribution is 0.0425. The minimum atomic E-state index is -0.666. The van der Waals surface area contributed by atoms with Gasteiger partial charge in [-0.05, 0) is 70.5 Å². The molecule has 1 saturated carbocycles. The molecule has 0 aromatic heterocycles. The predicted octanol–water partition coefficient (Wildman–Crippen LogP) is 2.52. The lowest BCUT2D eigenvalue weighted by Gasteiger charge is -2.44. The minimum Gasteiger partial charge on any atom is -0.389 e. The Morgan fingerprint density at radius 3 is 2.32 bits per heavy atom. The van der Waals surface area contributed by atoms with Gasteiger partial charge in [-0.15, -0.1) is 0 Å². The summed E-state index contributed by atoms with van der Waals surface area (Å²) in [5.41, 5.74) is 5.59. The van der Waals surface area contributed by atoms with Crippen LogP contribution in [0.1, 0.15) is 64.7 Å². The number of aliphatic hydroxyl groups is 1. The van der Waals surface area contributed by atoms with Crippen molar-refractivity contribution >= 4 is 0 Å². The maximum absolute atomic E-state index is 9.91. The van der Waals surface area contributed by atoms with Gasteiger partial charge in [0.2, 0.25) is 0 Å². The van der Waals surface area contributed by atoms with Gasteiger partial charge in [-0.2, -0.15) is 0 Å². The Morgan fingerprint density at radius 1 is 1.11 bits per heavy atom. The van der Waals surface area contributed by atoms with Crippen LogP contribution < -0.4 is 5.73 Å². The molecule has 0 radical (unpaired) electrons. The molecule has 0 bridgehead atoms. The van der Waals surface area contributed by atoms with E-state index in [9.17, 15) is 5.11 Å². The molecule has 0 aromatic carbocycles. The van der Waals surface area contributed by atoms with Gasteiger partial charge in [0.05, 0.1) is 5.60 Å². The predicted molar refractivity (Wildman–Crippen MR) is 80.1 cm³/mol. The summed E-state index contributed by atoms with van der Waals surface area (Å²) in [5, 5.41) is 9.91. The zero-order chi connectivity index (χ0) is 13.8. The fourth-order valence-electron chi connectivity index (χ4n) is 3.84. The Morgan fingerprint density at radius 2 is 1.74 bits per heavy atom. The maximum atomic E-state index is 9.91. The third kappa shape index (κ3) is 4.44. The van der Waals surface area contributed by atoms with E-state index in [1.165, 1.54) is 58.0 Å². The van der Waals surface area contributed by atoms with E-state index < -0.39 is 5.60 Å². The van der Waals surface area contributed by atoms with Crippen LogP contribution >= 0.6 is 0 Å². The van der Waals surface area contributed by atoms with Crippen LogP contribution in [0.3, 0.4) is 0 Å². The molecule has 3 N–H and O–H groups in total. The Balaban J connectivity index is 1.66. The van der Waals surface area contributed by atoms with Crippen molar-refractivity contribution in [3.63, 3.8) is 0 Å². The second-order valence-electron chi connectivity index (χ2n) is 7.21. The summed E-state index contributed by atoms with van der Waals surface area (Å²) >= 11 is 0. The third-order valence-electron chi connectivity index (χ3n) is 5.46. The van der Waals surface area contributed by atoms with Crippen LogP contribution in [0.2, 0.25) is 0 Å². The lowest BCUT2D eigenvalue weighted by Crippen LogP contribution is -2.42. The number of hydrogen-bond donors (Lipinski definition) is 2. The highest BCUT2D eigenvalue weighted by Crippen LogP contribution is 2.44. The average Bonchev–Trinajstić information content (AvgIpc) is 2.42. The van der Waals surface area contributed by atoms with Gasteiger partial charge in [-0.1, -0.05) is 19.3 Å². The second-order valence-corrected chi connectivity index (χ2v) is 7.21. The van der Waals surface area contributed by atoms with E-state index in [1.54, 1.807) is 0 Å². The van der Waals surface area contributed by atoms with Gasteiger partial charge in [0.25, 0.3) is 0 Å². The second kappa shape index (κ2) is 6.55. The highest BCUT2D eigenvalue weighted by molar-refractivity contribution is 4.88. The zero-order valence-electron chi connectivity index (χ0n) is 12.7. The zero-order valence-corrected chi connectivity index (χ0v) is 12.7. The van der Waals surface area contributed by atoms with Crippen molar-refractivity contribution in [1.82, 2.24) is 4.90 Å². The van der Waals surface area contributed by atoms with E-state index in [1.807, 2.05) is 6.92 Å². The van der Waals surface area contributed by atoms with Crippen molar-refractivity contribution in [3.05, 3.63) is 0 Å². The lowest BCUT2D eigenvalue weighted by atomic mass is 9.68. The van der Waals surface area contributed by atoms with Gasteiger partial charge in [0.15, 0.2) is 0 Å². The standard InChI is InChI=1S/C16H32N2O/c1-15(19,14-17)6-5-11-18-12-9-16(10-13-18)7-3-2-4-8-16/h19H,2-14,17H2,1H3. The molecule has 1 unspecified atom stereocenters. The molecule has 1 atom stereocenters. The number of piperidine rings is 1. The fourth-order valence-corrected chi connectivity index (χ4v) is 3.84. The molecule has 1 heterocycles. The van der Waals surface area contributed by atoms with Crippen molar-refractivity contribution in [2.75, 3.05) is 26.2 Å². The van der Waals surface area contributed by atoms with Crippen LogP contribution in [0.5, 0.6) is 0 Å². The summed E-state index contributed by atoms with van der Waals surface area (Å²) < 4.78 is 0. The Labute approximate surface area is 118 Å². The molecule has 0 amide bonds. The quantitative estimate of drug-likeness (QED) is 0.805. The number of nitrogens with zero attached hydrogens (tertiary/aromatic N) is 1. The van der Waals surface area contributed by atoms with E-state index in [4.69, 9.17) is 5.73 Å². The SMILES string of the molecule is CC(O)(CN)CCCN1CCC2(CCCCC2)CC1. The van der Waals surface area contributed by atoms with Gasteiger partial charge in [-0.25, -0.2) is 0 Å². The number of likely N-dealkylation sites (tertiary alicyclic amines) is 1. The first-order chi connectivity index (χ1) is 9.05. The average molecular weight is 268 g/mol. The fraction of sp³-hybridized carbons (Fsp3) is 1.00. The van der Waals surface area contributed by atoms with Crippen LogP contribution in [-0.4, -0.2) is 41.8 Å². The summed E-state index contributed by atoms with van der Waals surface area (Å²) in [6.45, 7) is 5.89. The van der Waals surface area contributed by atoms with Crippen LogP contribution in [0.4, 0.5) is 0 Å². The summed E-state index contributed by atoms with van der Waals surface area (Å²) in [7, 11) is 0. The monoisotopic (exact) mass is 268 g/mol. The van der Waals surface area contributed by atoms with Gasteiger partial charge in [0.1, 0.15) is 0 Å². The van der Waals surface area contributed by atoms with E-state index in [-0.39, 0.29) is 0 Å². The highest BCUT2D eigenvalue weighted by Gasteiger charge is 2.35. The normalized spacial score (nSPS) is 27.3. The Bertz CT molecular complexity index is 262. The molecular formula is C16H32N2O. The van der Waals surface area contributed by atoms with Gasteiger partial charge >= 0.3 is 0 Å². The van der Waals surface area contributed by atoms with E-state index >= 15 is 0 Å². The molecule has 3 heteroatoms. The first kappa shape index (κ1) is 15.3. The van der Waals surface area contributed by atoms with Crippen molar-refractivity contribution in [2.24, 2.45) is 11.1 Å². The Hall–Kier alpha value is -0.120. The van der Waals surface area contributed by atoms with Crippen LogP contribution in [-0.2, 0) is 0 Å². The first-order valence-corrected chi connectivity index (χ1v) is 8.20. The summed E-state index contributed by atoms with van der Waals surface area (Å²) in [6, 6.07) is 0. The molecule has 2 fully saturated rings. The topological polar surface area (TPSA) is 49.5 Å². The van der Waals surface area contributed by atoms with Crippen LogP contribution in [0, 0.1) is 5.41 Å². The highest BCUT2D eigenvalue weighted by atomic mass is 16.3. The van der Waals surface area contributed by atoms with E-state index in [2.05, 4.69) is 4.90 Å². The third-order valence-corrected chi connectivity index (χ3v) is 5.46. The van der Waals surface area contributed by atoms with Crippen molar-refractivity contribution in [3.8, 4) is 0 Å². The summed E-state index contributed by atoms with van der Waals surface area (Å²) in [4.78, 5) is 2.59. The largest absolute Gasteiger partial charge is 0.389 e. The molecule has 1 aliphatic heterocycles. The molecule has 2 aliphatic rings. The first-order valence-electron chi connectivity index (χ1n) is 8.20. The van der Waals surface area contributed by atoms with Gasteiger partial charge in [-0.3, -0.25) is 0 Å². The number of nitrogens with two attached hydrogens (primary N) is 1. The smallest absolute Gasteiger partial charge is 0.0741 e. The summed E-state index contributed by atoms with van der Waals surface area (Å²) in [5.74, 6) is 0. The van der Waals surface area contributed by atoms with Crippen LogP contribution in [0.15, 0.2) is 0 Å². The minimum absolute atomic E-state index is 0.371. The molecular weight excluding hydrogens is 236 g/mol. The van der Waals surface area contributed by atoms with Gasteiger partial charge < -0.3 is 15.7 Å².